The second-order valence-electron chi connectivity index (χ2n) is 9.93. The van der Waals surface area contributed by atoms with Crippen molar-refractivity contribution in [3.8, 4) is 11.5 Å². The number of hydrogen-bond acceptors (Lipinski definition) is 9. The third-order valence-corrected chi connectivity index (χ3v) is 7.36. The van der Waals surface area contributed by atoms with E-state index in [1.165, 1.54) is 0 Å². The largest absolute Gasteiger partial charge is 0.493 e. The van der Waals surface area contributed by atoms with Crippen LogP contribution < -0.4 is 15.0 Å². The fraction of sp³-hybridized carbons (Fsp3) is 0.577. The van der Waals surface area contributed by atoms with Gasteiger partial charge in [-0.2, -0.15) is 0 Å². The zero-order valence-corrected chi connectivity index (χ0v) is 22.4. The summed E-state index contributed by atoms with van der Waals surface area (Å²) in [5.74, 6) is 1.36. The van der Waals surface area contributed by atoms with Crippen LogP contribution in [0.3, 0.4) is 0 Å². The van der Waals surface area contributed by atoms with Gasteiger partial charge in [-0.05, 0) is 62.6 Å². The smallest absolute Gasteiger partial charge is 0.309 e. The molecule has 3 aromatic rings. The maximum Gasteiger partial charge on any atom is 0.309 e. The lowest BCUT2D eigenvalue weighted by Crippen LogP contribution is -2.43. The van der Waals surface area contributed by atoms with Crippen molar-refractivity contribution in [1.82, 2.24) is 30.1 Å². The number of piperidine rings is 1. The molecule has 1 N–H and O–H groups in total. The van der Waals surface area contributed by atoms with E-state index in [-0.39, 0.29) is 23.0 Å². The van der Waals surface area contributed by atoms with Crippen LogP contribution in [-0.4, -0.2) is 70.0 Å². The van der Waals surface area contributed by atoms with Gasteiger partial charge in [-0.3, -0.25) is 14.5 Å². The molecular formula is C26H36N6O5. The number of rotatable bonds is 9. The van der Waals surface area contributed by atoms with Gasteiger partial charge in [0.2, 0.25) is 0 Å². The fourth-order valence-corrected chi connectivity index (χ4v) is 4.85. The Bertz CT molecular complexity index is 1310. The highest BCUT2D eigenvalue weighted by Crippen LogP contribution is 2.35. The van der Waals surface area contributed by atoms with Gasteiger partial charge in [0.05, 0.1) is 37.8 Å². The summed E-state index contributed by atoms with van der Waals surface area (Å²) in [5.41, 5.74) is 0.568. The average Bonchev–Trinajstić information content (AvgIpc) is 3.39. The van der Waals surface area contributed by atoms with E-state index in [1.807, 2.05) is 23.7 Å². The number of aromatic amines is 1. The van der Waals surface area contributed by atoms with Crippen molar-refractivity contribution in [2.24, 2.45) is 5.92 Å². The summed E-state index contributed by atoms with van der Waals surface area (Å²) < 4.78 is 18.0. The van der Waals surface area contributed by atoms with Gasteiger partial charge in [0, 0.05) is 30.1 Å². The van der Waals surface area contributed by atoms with E-state index in [0.29, 0.717) is 60.9 Å². The van der Waals surface area contributed by atoms with E-state index in [4.69, 9.17) is 14.2 Å². The van der Waals surface area contributed by atoms with Crippen LogP contribution in [0, 0.1) is 5.92 Å². The molecule has 2 aromatic heterocycles. The first-order valence-electron chi connectivity index (χ1n) is 12.7. The molecule has 1 fully saturated rings. The second-order valence-corrected chi connectivity index (χ2v) is 9.93. The van der Waals surface area contributed by atoms with Gasteiger partial charge >= 0.3 is 5.97 Å². The average molecular weight is 513 g/mol. The first kappa shape index (κ1) is 26.6. The Labute approximate surface area is 216 Å². The fourth-order valence-electron chi connectivity index (χ4n) is 4.85. The molecule has 1 atom stereocenters. The van der Waals surface area contributed by atoms with Gasteiger partial charge < -0.3 is 19.2 Å². The quantitative estimate of drug-likeness (QED) is 0.431. The summed E-state index contributed by atoms with van der Waals surface area (Å²) in [6.07, 6.45) is 2.06. The van der Waals surface area contributed by atoms with Crippen LogP contribution in [0.4, 0.5) is 0 Å². The molecule has 0 spiro atoms. The van der Waals surface area contributed by atoms with Crippen molar-refractivity contribution >= 4 is 16.9 Å². The van der Waals surface area contributed by atoms with E-state index in [0.717, 1.165) is 11.8 Å². The molecule has 0 bridgehead atoms. The maximum atomic E-state index is 13.5. The number of carbonyl (C=O) groups excluding carboxylic acids is 1. The zero-order valence-electron chi connectivity index (χ0n) is 22.4. The predicted molar refractivity (Wildman–Crippen MR) is 138 cm³/mol. The van der Waals surface area contributed by atoms with Crippen LogP contribution in [0.25, 0.3) is 10.9 Å². The summed E-state index contributed by atoms with van der Waals surface area (Å²) >= 11 is 0. The third-order valence-electron chi connectivity index (χ3n) is 7.36. The van der Waals surface area contributed by atoms with Crippen molar-refractivity contribution in [2.75, 3.05) is 33.9 Å². The number of nitrogens with zero attached hydrogens (tertiary/aromatic N) is 5. The van der Waals surface area contributed by atoms with Crippen molar-refractivity contribution in [1.29, 1.82) is 0 Å². The molecule has 200 valence electrons. The highest BCUT2D eigenvalue weighted by Gasteiger charge is 2.37. The Kier molecular flexibility index (Phi) is 7.82. The zero-order chi connectivity index (χ0) is 26.7. The number of aromatic nitrogens is 5. The number of fused-ring (bicyclic) bond motifs is 1. The molecule has 11 nitrogen and oxygen atoms in total. The summed E-state index contributed by atoms with van der Waals surface area (Å²) in [5, 5.41) is 13.5. The molecule has 1 saturated heterocycles. The Morgan fingerprint density at radius 2 is 1.81 bits per heavy atom. The lowest BCUT2D eigenvalue weighted by atomic mass is 9.93. The SMILES string of the molecule is CCOC(=O)C1CCN([C@@H](c2cc3cc(OC)c(OC)cc3[nH]c2=O)c2nnnn2C(C)(C)CC)CC1. The maximum absolute atomic E-state index is 13.5. The van der Waals surface area contributed by atoms with E-state index < -0.39 is 6.04 Å². The van der Waals surface area contributed by atoms with Gasteiger partial charge in [-0.1, -0.05) is 6.92 Å². The Hall–Kier alpha value is -3.47. The molecule has 4 rings (SSSR count). The molecule has 0 radical (unpaired) electrons. The molecular weight excluding hydrogens is 476 g/mol. The van der Waals surface area contributed by atoms with Crippen molar-refractivity contribution in [3.05, 3.63) is 39.9 Å². The van der Waals surface area contributed by atoms with E-state index >= 15 is 0 Å². The number of esters is 1. The monoisotopic (exact) mass is 512 g/mol. The normalized spacial score (nSPS) is 16.1. The molecule has 0 saturated carbocycles. The van der Waals surface area contributed by atoms with Crippen molar-refractivity contribution in [2.45, 2.75) is 58.5 Å². The highest BCUT2D eigenvalue weighted by molar-refractivity contribution is 5.83. The van der Waals surface area contributed by atoms with E-state index in [2.05, 4.69) is 46.2 Å². The standard InChI is InChI=1S/C26H36N6O5/c1-7-26(3,4)32-23(28-29-30-32)22(31-11-9-16(10-12-31)25(34)37-8-2)18-13-17-14-20(35-5)21(36-6)15-19(17)27-24(18)33/h13-16,22H,7-12H2,1-6H3,(H,27,33)/t22-/m0/s1. The van der Waals surface area contributed by atoms with Crippen LogP contribution in [0.1, 0.15) is 64.4 Å². The van der Waals surface area contributed by atoms with Crippen LogP contribution >= 0.6 is 0 Å². The van der Waals surface area contributed by atoms with Gasteiger partial charge in [0.15, 0.2) is 17.3 Å². The molecule has 3 heterocycles. The van der Waals surface area contributed by atoms with Crippen LogP contribution in [0.2, 0.25) is 0 Å². The number of H-pyrrole nitrogens is 1. The Balaban J connectivity index is 1.82. The number of likely N-dealkylation sites (tertiary alicyclic amines) is 1. The topological polar surface area (TPSA) is 124 Å². The predicted octanol–water partition coefficient (Wildman–Crippen LogP) is 3.04. The molecule has 0 aliphatic carbocycles. The van der Waals surface area contributed by atoms with Crippen LogP contribution in [0.15, 0.2) is 23.0 Å². The number of tetrazole rings is 1. The number of nitrogens with one attached hydrogen (secondary N) is 1. The Morgan fingerprint density at radius 1 is 1.14 bits per heavy atom. The third kappa shape index (κ3) is 5.18. The number of benzene rings is 1. The van der Waals surface area contributed by atoms with Crippen LogP contribution in [-0.2, 0) is 15.1 Å². The van der Waals surface area contributed by atoms with Gasteiger partial charge in [-0.15, -0.1) is 5.10 Å². The molecule has 0 amide bonds. The number of pyridine rings is 1. The minimum absolute atomic E-state index is 0.161. The lowest BCUT2D eigenvalue weighted by Gasteiger charge is -2.37. The van der Waals surface area contributed by atoms with E-state index in [9.17, 15) is 9.59 Å². The molecule has 1 aliphatic rings. The Morgan fingerprint density at radius 3 is 2.43 bits per heavy atom. The number of ether oxygens (including phenoxy) is 3. The second kappa shape index (κ2) is 10.9. The molecule has 1 aliphatic heterocycles. The van der Waals surface area contributed by atoms with Gasteiger partial charge in [-0.25, -0.2) is 4.68 Å². The van der Waals surface area contributed by atoms with Crippen molar-refractivity contribution in [3.63, 3.8) is 0 Å². The summed E-state index contributed by atoms with van der Waals surface area (Å²) in [7, 11) is 3.13. The summed E-state index contributed by atoms with van der Waals surface area (Å²) in [4.78, 5) is 31.1. The summed E-state index contributed by atoms with van der Waals surface area (Å²) in [6.45, 7) is 9.58. The first-order chi connectivity index (χ1) is 17.7. The number of carbonyl (C=O) groups is 1. The highest BCUT2D eigenvalue weighted by atomic mass is 16.5. The minimum Gasteiger partial charge on any atom is -0.493 e. The van der Waals surface area contributed by atoms with Crippen LogP contribution in [0.5, 0.6) is 11.5 Å². The van der Waals surface area contributed by atoms with Gasteiger partial charge in [0.1, 0.15) is 6.04 Å². The lowest BCUT2D eigenvalue weighted by molar-refractivity contribution is -0.149. The molecule has 37 heavy (non-hydrogen) atoms. The summed E-state index contributed by atoms with van der Waals surface area (Å²) in [6, 6.07) is 4.96. The molecule has 0 unspecified atom stereocenters. The molecule has 11 heteroatoms. The van der Waals surface area contributed by atoms with E-state index in [1.54, 1.807) is 20.3 Å². The number of hydrogen-bond donors (Lipinski definition) is 1. The van der Waals surface area contributed by atoms with Crippen molar-refractivity contribution < 1.29 is 19.0 Å². The van der Waals surface area contributed by atoms with Gasteiger partial charge in [0.25, 0.3) is 5.56 Å². The minimum atomic E-state index is -0.509. The molecule has 1 aromatic carbocycles. The number of methoxy groups -OCH3 is 2. The first-order valence-corrected chi connectivity index (χ1v) is 12.7.